The van der Waals surface area contributed by atoms with Crippen LogP contribution in [0.5, 0.6) is 0 Å². The summed E-state index contributed by atoms with van der Waals surface area (Å²) >= 11 is 0. The van der Waals surface area contributed by atoms with Gasteiger partial charge in [-0.1, -0.05) is 81.4 Å². The van der Waals surface area contributed by atoms with Gasteiger partial charge in [-0.05, 0) is 15.4 Å². The van der Waals surface area contributed by atoms with E-state index in [-0.39, 0.29) is 17.2 Å². The van der Waals surface area contributed by atoms with Crippen molar-refractivity contribution in [1.82, 2.24) is 0 Å². The summed E-state index contributed by atoms with van der Waals surface area (Å²) in [7, 11) is -2.75. The van der Waals surface area contributed by atoms with Gasteiger partial charge in [-0.2, -0.15) is 0 Å². The van der Waals surface area contributed by atoms with Crippen molar-refractivity contribution in [3.8, 4) is 0 Å². The predicted octanol–water partition coefficient (Wildman–Crippen LogP) is 2.94. The molecule has 7 nitrogen and oxygen atoms in total. The van der Waals surface area contributed by atoms with Crippen LogP contribution in [-0.4, -0.2) is 57.6 Å². The number of carbonyl (C=O) groups is 2. The van der Waals surface area contributed by atoms with E-state index in [1.807, 2.05) is 36.4 Å². The number of rotatable bonds is 7. The number of benzene rings is 2. The fraction of sp³-hybridized carbons (Fsp3) is 0.481. The summed E-state index contributed by atoms with van der Waals surface area (Å²) in [6.45, 7) is 9.57. The minimum Gasteiger partial charge on any atom is -0.453 e. The third-order valence-electron chi connectivity index (χ3n) is 6.64. The number of hydrogen-bond donors (Lipinski definition) is 0. The Morgan fingerprint density at radius 3 is 1.89 bits per heavy atom. The van der Waals surface area contributed by atoms with Gasteiger partial charge in [0.1, 0.15) is 12.2 Å². The molecule has 2 aliphatic rings. The molecule has 2 aliphatic heterocycles. The lowest BCUT2D eigenvalue weighted by Gasteiger charge is -2.43. The first-order valence-corrected chi connectivity index (χ1v) is 13.9. The van der Waals surface area contributed by atoms with Crippen molar-refractivity contribution >= 4 is 30.6 Å². The predicted molar refractivity (Wildman–Crippen MR) is 133 cm³/mol. The molecule has 4 rings (SSSR count). The fourth-order valence-corrected chi connectivity index (χ4v) is 9.79. The summed E-state index contributed by atoms with van der Waals surface area (Å²) < 4.78 is 30.1. The highest BCUT2D eigenvalue weighted by molar-refractivity contribution is 6.99. The molecular weight excluding hydrogens is 464 g/mol. The summed E-state index contributed by atoms with van der Waals surface area (Å²) in [5.41, 5.74) is 0. The molecule has 2 aromatic carbocycles. The molecule has 0 unspecified atom stereocenters. The minimum atomic E-state index is -2.75. The Labute approximate surface area is 207 Å². The standard InChI is InChI=1S/C27H34O7Si/c1-18(28)31-25-23-16-22(34-26(25)32-19(2)29)24(33-23)17-30-35(27(3,4)5,20-12-8-6-9-13-20)21-14-10-7-11-15-21/h6-15,22-26H,16-17H2,1-5H3/t22-,23-,24+,25-,26-/m0/s1. The SMILES string of the molecule is CC(=O)O[C@H]1O[C@H]2C[C@H](O[C@@H]2CO[Si](c2ccccc2)(c2ccccc2)C(C)(C)C)[C@@H]1OC(C)=O. The van der Waals surface area contributed by atoms with E-state index in [0.717, 1.165) is 0 Å². The number of esters is 2. The third kappa shape index (κ3) is 5.21. The Morgan fingerprint density at radius 1 is 0.857 bits per heavy atom. The maximum absolute atomic E-state index is 11.7. The Kier molecular flexibility index (Phi) is 7.47. The van der Waals surface area contributed by atoms with E-state index >= 15 is 0 Å². The molecule has 2 heterocycles. The largest absolute Gasteiger partial charge is 0.453 e. The van der Waals surface area contributed by atoms with Crippen LogP contribution in [-0.2, 0) is 33.0 Å². The van der Waals surface area contributed by atoms with Gasteiger partial charge in [-0.15, -0.1) is 0 Å². The molecule has 2 bridgehead atoms. The minimum absolute atomic E-state index is 0.176. The average Bonchev–Trinajstić information content (AvgIpc) is 3.14. The summed E-state index contributed by atoms with van der Waals surface area (Å²) in [6.07, 6.45) is -2.45. The van der Waals surface area contributed by atoms with E-state index in [4.69, 9.17) is 23.4 Å². The first-order chi connectivity index (χ1) is 16.6. The highest BCUT2D eigenvalue weighted by Crippen LogP contribution is 2.39. The van der Waals surface area contributed by atoms with Crippen LogP contribution >= 0.6 is 0 Å². The van der Waals surface area contributed by atoms with Crippen molar-refractivity contribution in [2.45, 2.75) is 76.8 Å². The topological polar surface area (TPSA) is 80.3 Å². The number of fused-ring (bicyclic) bond motifs is 2. The molecule has 188 valence electrons. The molecule has 2 saturated heterocycles. The Bertz CT molecular complexity index is 981. The summed E-state index contributed by atoms with van der Waals surface area (Å²) in [5.74, 6) is -0.988. The monoisotopic (exact) mass is 498 g/mol. The highest BCUT2D eigenvalue weighted by Gasteiger charge is 2.55. The molecule has 0 saturated carbocycles. The van der Waals surface area contributed by atoms with Gasteiger partial charge >= 0.3 is 11.9 Å². The van der Waals surface area contributed by atoms with Crippen LogP contribution in [0.2, 0.25) is 5.04 Å². The van der Waals surface area contributed by atoms with E-state index < -0.39 is 38.8 Å². The Morgan fingerprint density at radius 2 is 1.40 bits per heavy atom. The van der Waals surface area contributed by atoms with Gasteiger partial charge < -0.3 is 23.4 Å². The zero-order valence-electron chi connectivity index (χ0n) is 20.9. The molecule has 0 aliphatic carbocycles. The van der Waals surface area contributed by atoms with E-state index in [0.29, 0.717) is 13.0 Å². The van der Waals surface area contributed by atoms with Crippen LogP contribution in [0, 0.1) is 0 Å². The average molecular weight is 499 g/mol. The summed E-state index contributed by atoms with van der Waals surface area (Å²) in [5, 5.41) is 2.18. The Balaban J connectivity index is 1.63. The molecule has 8 heteroatoms. The van der Waals surface area contributed by atoms with Gasteiger partial charge in [0.05, 0.1) is 12.7 Å². The van der Waals surface area contributed by atoms with Crippen LogP contribution in [0.4, 0.5) is 0 Å². The van der Waals surface area contributed by atoms with Crippen molar-refractivity contribution in [1.29, 1.82) is 0 Å². The van der Waals surface area contributed by atoms with Crippen LogP contribution in [0.1, 0.15) is 41.0 Å². The third-order valence-corrected chi connectivity index (χ3v) is 11.6. The van der Waals surface area contributed by atoms with Crippen LogP contribution in [0.3, 0.4) is 0 Å². The second-order valence-electron chi connectivity index (χ2n) is 10.1. The summed E-state index contributed by atoms with van der Waals surface area (Å²) in [4.78, 5) is 23.3. The van der Waals surface area contributed by atoms with Crippen LogP contribution < -0.4 is 10.4 Å². The lowest BCUT2D eigenvalue weighted by molar-refractivity contribution is -0.240. The van der Waals surface area contributed by atoms with Crippen molar-refractivity contribution in [3.63, 3.8) is 0 Å². The molecule has 2 fully saturated rings. The molecule has 0 N–H and O–H groups in total. The van der Waals surface area contributed by atoms with Gasteiger partial charge in [0.2, 0.25) is 6.29 Å². The normalized spacial score (nSPS) is 26.3. The quantitative estimate of drug-likeness (QED) is 0.429. The Hall–Kier alpha value is -2.52. The van der Waals surface area contributed by atoms with Crippen molar-refractivity contribution in [2.24, 2.45) is 0 Å². The first-order valence-electron chi connectivity index (χ1n) is 12.0. The molecule has 2 aromatic rings. The number of carbonyl (C=O) groups excluding carboxylic acids is 2. The lowest BCUT2D eigenvalue weighted by Crippen LogP contribution is -2.67. The molecule has 5 atom stereocenters. The molecule has 0 amide bonds. The highest BCUT2D eigenvalue weighted by atomic mass is 28.4. The van der Waals surface area contributed by atoms with E-state index in [9.17, 15) is 9.59 Å². The fourth-order valence-electron chi connectivity index (χ4n) is 5.22. The lowest BCUT2D eigenvalue weighted by atomic mass is 10.0. The molecule has 0 radical (unpaired) electrons. The van der Waals surface area contributed by atoms with E-state index in [1.54, 1.807) is 0 Å². The second kappa shape index (κ2) is 10.2. The zero-order valence-corrected chi connectivity index (χ0v) is 21.9. The maximum Gasteiger partial charge on any atom is 0.305 e. The van der Waals surface area contributed by atoms with Gasteiger partial charge in [-0.3, -0.25) is 9.59 Å². The van der Waals surface area contributed by atoms with E-state index in [2.05, 4.69) is 45.0 Å². The maximum atomic E-state index is 11.7. The van der Waals surface area contributed by atoms with Crippen LogP contribution in [0.15, 0.2) is 60.7 Å². The van der Waals surface area contributed by atoms with Gasteiger partial charge in [0, 0.05) is 20.3 Å². The number of ether oxygens (including phenoxy) is 4. The summed E-state index contributed by atoms with van der Waals surface area (Å²) in [6, 6.07) is 20.8. The second-order valence-corrected chi connectivity index (χ2v) is 14.5. The molecule has 35 heavy (non-hydrogen) atoms. The van der Waals surface area contributed by atoms with Crippen molar-refractivity contribution < 1.29 is 33.0 Å². The molecule has 0 spiro atoms. The zero-order chi connectivity index (χ0) is 25.2. The van der Waals surface area contributed by atoms with Gasteiger partial charge in [0.15, 0.2) is 6.10 Å². The van der Waals surface area contributed by atoms with E-state index in [1.165, 1.54) is 24.2 Å². The number of hydrogen-bond acceptors (Lipinski definition) is 7. The molecular formula is C27H34O7Si. The smallest absolute Gasteiger partial charge is 0.305 e. The van der Waals surface area contributed by atoms with Crippen molar-refractivity contribution in [3.05, 3.63) is 60.7 Å². The first kappa shape index (κ1) is 25.6. The van der Waals surface area contributed by atoms with Gasteiger partial charge in [-0.25, -0.2) is 0 Å². The molecule has 0 aromatic heterocycles. The van der Waals surface area contributed by atoms with Crippen LogP contribution in [0.25, 0.3) is 0 Å². The van der Waals surface area contributed by atoms with Gasteiger partial charge in [0.25, 0.3) is 8.32 Å². The van der Waals surface area contributed by atoms with Crippen molar-refractivity contribution in [2.75, 3.05) is 6.61 Å².